The van der Waals surface area contributed by atoms with Crippen LogP contribution < -0.4 is 14.8 Å². The maximum atomic E-state index is 10.4. The largest absolute Gasteiger partial charge is 0.493 e. The van der Waals surface area contributed by atoms with Crippen LogP contribution in [0.3, 0.4) is 0 Å². The fraction of sp³-hybridized carbons (Fsp3) is 0.500. The second-order valence-electron chi connectivity index (χ2n) is 7.90. The highest BCUT2D eigenvalue weighted by Gasteiger charge is 2.15. The number of aliphatic hydroxyl groups excluding tert-OH is 1. The van der Waals surface area contributed by atoms with Gasteiger partial charge < -0.3 is 24.8 Å². The number of nitrogens with one attached hydrogen (secondary N) is 1. The SMILES string of the molecule is COc1cc(CNCc2cccc(Cl)c2)ccc1OC[C@H](O)CN1CCCCCC1. The number of methoxy groups -OCH3 is 1. The van der Waals surface area contributed by atoms with Crippen molar-refractivity contribution < 1.29 is 14.6 Å². The van der Waals surface area contributed by atoms with Crippen LogP contribution in [0.1, 0.15) is 36.8 Å². The molecule has 0 bridgehead atoms. The van der Waals surface area contributed by atoms with Crippen molar-refractivity contribution in [1.82, 2.24) is 10.2 Å². The Labute approximate surface area is 184 Å². The second-order valence-corrected chi connectivity index (χ2v) is 8.33. The summed E-state index contributed by atoms with van der Waals surface area (Å²) in [7, 11) is 1.64. The Balaban J connectivity index is 1.47. The Morgan fingerprint density at radius 3 is 2.43 bits per heavy atom. The van der Waals surface area contributed by atoms with Crippen LogP contribution in [0.4, 0.5) is 0 Å². The summed E-state index contributed by atoms with van der Waals surface area (Å²) in [4.78, 5) is 2.34. The third-order valence-corrected chi connectivity index (χ3v) is 5.61. The van der Waals surface area contributed by atoms with Crippen molar-refractivity contribution in [3.8, 4) is 11.5 Å². The predicted molar refractivity (Wildman–Crippen MR) is 121 cm³/mol. The molecule has 3 rings (SSSR count). The number of aliphatic hydroxyl groups is 1. The minimum absolute atomic E-state index is 0.263. The number of rotatable bonds is 10. The Hall–Kier alpha value is -1.79. The first-order valence-electron chi connectivity index (χ1n) is 10.8. The van der Waals surface area contributed by atoms with Crippen LogP contribution >= 0.6 is 11.6 Å². The zero-order valence-corrected chi connectivity index (χ0v) is 18.5. The zero-order chi connectivity index (χ0) is 21.2. The van der Waals surface area contributed by atoms with Gasteiger partial charge in [-0.2, -0.15) is 0 Å². The minimum atomic E-state index is -0.508. The van der Waals surface area contributed by atoms with Crippen LogP contribution in [0.2, 0.25) is 5.02 Å². The molecule has 2 aromatic carbocycles. The molecule has 6 heteroatoms. The molecule has 0 aliphatic carbocycles. The quantitative estimate of drug-likeness (QED) is 0.587. The summed E-state index contributed by atoms with van der Waals surface area (Å²) in [5, 5.41) is 14.6. The Morgan fingerprint density at radius 2 is 1.73 bits per heavy atom. The van der Waals surface area contributed by atoms with Crippen LogP contribution in [0.25, 0.3) is 0 Å². The van der Waals surface area contributed by atoms with Crippen molar-refractivity contribution in [2.24, 2.45) is 0 Å². The van der Waals surface area contributed by atoms with Crippen molar-refractivity contribution in [3.05, 3.63) is 58.6 Å². The van der Waals surface area contributed by atoms with Gasteiger partial charge in [-0.1, -0.05) is 42.6 Å². The molecule has 164 valence electrons. The van der Waals surface area contributed by atoms with E-state index in [2.05, 4.69) is 10.2 Å². The maximum Gasteiger partial charge on any atom is 0.161 e. The fourth-order valence-electron chi connectivity index (χ4n) is 3.79. The Bertz CT molecular complexity index is 779. The van der Waals surface area contributed by atoms with Gasteiger partial charge in [-0.15, -0.1) is 0 Å². The molecule has 2 aromatic rings. The number of nitrogens with zero attached hydrogens (tertiary/aromatic N) is 1. The lowest BCUT2D eigenvalue weighted by Crippen LogP contribution is -2.36. The summed E-state index contributed by atoms with van der Waals surface area (Å²) >= 11 is 6.03. The maximum absolute atomic E-state index is 10.4. The van der Waals surface area contributed by atoms with Gasteiger partial charge in [-0.25, -0.2) is 0 Å². The highest BCUT2D eigenvalue weighted by Crippen LogP contribution is 2.28. The first kappa shape index (κ1) is 22.9. The topological polar surface area (TPSA) is 54.0 Å². The van der Waals surface area contributed by atoms with Gasteiger partial charge in [0.2, 0.25) is 0 Å². The summed E-state index contributed by atoms with van der Waals surface area (Å²) in [6, 6.07) is 13.7. The minimum Gasteiger partial charge on any atom is -0.493 e. The van der Waals surface area contributed by atoms with Gasteiger partial charge in [-0.3, -0.25) is 0 Å². The van der Waals surface area contributed by atoms with E-state index in [0.29, 0.717) is 24.6 Å². The van der Waals surface area contributed by atoms with Crippen LogP contribution in [-0.4, -0.2) is 49.5 Å². The van der Waals surface area contributed by atoms with E-state index in [0.717, 1.165) is 35.8 Å². The van der Waals surface area contributed by atoms with E-state index in [1.807, 2.05) is 42.5 Å². The third kappa shape index (κ3) is 7.47. The molecular weight excluding hydrogens is 400 g/mol. The number of halogens is 1. The molecule has 30 heavy (non-hydrogen) atoms. The molecule has 0 unspecified atom stereocenters. The average Bonchev–Trinajstić information content (AvgIpc) is 3.01. The number of hydrogen-bond acceptors (Lipinski definition) is 5. The van der Waals surface area contributed by atoms with Gasteiger partial charge >= 0.3 is 0 Å². The lowest BCUT2D eigenvalue weighted by molar-refractivity contribution is 0.0683. The van der Waals surface area contributed by atoms with Crippen molar-refractivity contribution >= 4 is 11.6 Å². The summed E-state index contributed by atoms with van der Waals surface area (Å²) in [5.41, 5.74) is 2.25. The molecule has 2 N–H and O–H groups in total. The smallest absolute Gasteiger partial charge is 0.161 e. The van der Waals surface area contributed by atoms with E-state index >= 15 is 0 Å². The number of β-amino-alcohol motifs (C(OH)–C–C–N with tert-alkyl or cyclic N) is 1. The van der Waals surface area contributed by atoms with E-state index in [1.54, 1.807) is 7.11 Å². The average molecular weight is 433 g/mol. The number of likely N-dealkylation sites (tertiary alicyclic amines) is 1. The third-order valence-electron chi connectivity index (χ3n) is 5.37. The molecule has 0 radical (unpaired) electrons. The van der Waals surface area contributed by atoms with Gasteiger partial charge in [0.25, 0.3) is 0 Å². The van der Waals surface area contributed by atoms with Gasteiger partial charge in [0.1, 0.15) is 12.7 Å². The molecule has 5 nitrogen and oxygen atoms in total. The highest BCUT2D eigenvalue weighted by atomic mass is 35.5. The lowest BCUT2D eigenvalue weighted by atomic mass is 10.2. The fourth-order valence-corrected chi connectivity index (χ4v) is 4.01. The molecule has 0 spiro atoms. The van der Waals surface area contributed by atoms with Crippen molar-refractivity contribution in [1.29, 1.82) is 0 Å². The molecule has 0 saturated carbocycles. The number of hydrogen-bond donors (Lipinski definition) is 2. The molecular formula is C24H33ClN2O3. The monoisotopic (exact) mass is 432 g/mol. The second kappa shape index (κ2) is 12.2. The molecule has 1 aliphatic heterocycles. The van der Waals surface area contributed by atoms with Gasteiger partial charge in [0, 0.05) is 24.7 Å². The molecule has 1 saturated heterocycles. The first-order chi connectivity index (χ1) is 14.6. The molecule has 1 fully saturated rings. The first-order valence-corrected chi connectivity index (χ1v) is 11.2. The molecule has 1 atom stereocenters. The van der Waals surface area contributed by atoms with Crippen LogP contribution in [0.5, 0.6) is 11.5 Å². The number of benzene rings is 2. The Morgan fingerprint density at radius 1 is 1.00 bits per heavy atom. The molecule has 0 amide bonds. The summed E-state index contributed by atoms with van der Waals surface area (Å²) in [6.07, 6.45) is 4.51. The molecule has 1 aliphatic rings. The van der Waals surface area contributed by atoms with E-state index in [4.69, 9.17) is 21.1 Å². The molecule has 1 heterocycles. The normalized spacial score (nSPS) is 16.1. The zero-order valence-electron chi connectivity index (χ0n) is 17.8. The van der Waals surface area contributed by atoms with E-state index in [-0.39, 0.29) is 6.61 Å². The Kier molecular flexibility index (Phi) is 9.27. The van der Waals surface area contributed by atoms with Crippen LogP contribution in [0, 0.1) is 0 Å². The van der Waals surface area contributed by atoms with Crippen LogP contribution in [-0.2, 0) is 13.1 Å². The standard InChI is InChI=1S/C24H33ClN2O3/c1-29-24-14-20(16-26-15-19-7-6-8-21(25)13-19)9-10-23(24)30-18-22(28)17-27-11-4-2-3-5-12-27/h6-10,13-14,22,26,28H,2-5,11-12,15-18H2,1H3/t22-/m1/s1. The highest BCUT2D eigenvalue weighted by molar-refractivity contribution is 6.30. The summed E-state index contributed by atoms with van der Waals surface area (Å²) in [6.45, 7) is 4.51. The van der Waals surface area contributed by atoms with E-state index in [9.17, 15) is 5.11 Å². The summed E-state index contributed by atoms with van der Waals surface area (Å²) in [5.74, 6) is 1.34. The van der Waals surface area contributed by atoms with Crippen molar-refractivity contribution in [2.45, 2.75) is 44.9 Å². The van der Waals surface area contributed by atoms with Crippen molar-refractivity contribution in [3.63, 3.8) is 0 Å². The van der Waals surface area contributed by atoms with Crippen LogP contribution in [0.15, 0.2) is 42.5 Å². The molecule has 0 aromatic heterocycles. The summed E-state index contributed by atoms with van der Waals surface area (Å²) < 4.78 is 11.4. The van der Waals surface area contributed by atoms with Crippen molar-refractivity contribution in [2.75, 3.05) is 33.4 Å². The van der Waals surface area contributed by atoms with E-state index < -0.39 is 6.10 Å². The van der Waals surface area contributed by atoms with Gasteiger partial charge in [0.05, 0.1) is 7.11 Å². The van der Waals surface area contributed by atoms with Gasteiger partial charge in [-0.05, 0) is 61.3 Å². The van der Waals surface area contributed by atoms with Gasteiger partial charge in [0.15, 0.2) is 11.5 Å². The predicted octanol–water partition coefficient (Wildman–Crippen LogP) is 4.25. The lowest BCUT2D eigenvalue weighted by Gasteiger charge is -2.23. The number of ether oxygens (including phenoxy) is 2. The van der Waals surface area contributed by atoms with E-state index in [1.165, 1.54) is 25.7 Å².